The maximum absolute atomic E-state index is 2.25. The third-order valence-electron chi connectivity index (χ3n) is 2.85. The molecule has 1 aliphatic carbocycles. The molecule has 0 bridgehead atoms. The summed E-state index contributed by atoms with van der Waals surface area (Å²) in [5.74, 6) is 0.903. The second-order valence-corrected chi connectivity index (χ2v) is 5.09. The van der Waals surface area contributed by atoms with E-state index in [9.17, 15) is 0 Å². The molecule has 1 heteroatoms. The minimum absolute atomic E-state index is 0.903. The van der Waals surface area contributed by atoms with E-state index in [1.54, 1.807) is 27.4 Å². The summed E-state index contributed by atoms with van der Waals surface area (Å²) in [6, 6.07) is 10.9. The van der Waals surface area contributed by atoms with Gasteiger partial charge in [0.1, 0.15) is 0 Å². The number of hydrogen-bond donors (Lipinski definition) is 0. The first kappa shape index (κ1) is 9.53. The molecule has 0 aromatic heterocycles. The monoisotopic (exact) mass is 248 g/mol. The third kappa shape index (κ3) is 2.26. The van der Waals surface area contributed by atoms with Crippen LogP contribution in [-0.2, 0) is 24.2 Å². The van der Waals surface area contributed by atoms with Crippen LogP contribution in [0.25, 0.3) is 0 Å². The van der Waals surface area contributed by atoms with E-state index >= 15 is 0 Å². The van der Waals surface area contributed by atoms with Gasteiger partial charge < -0.3 is 0 Å². The average Bonchev–Trinajstić information content (AvgIpc) is 2.71. The van der Waals surface area contributed by atoms with Gasteiger partial charge in [0, 0.05) is 0 Å². The normalized spacial score (nSPS) is 17.7. The van der Waals surface area contributed by atoms with E-state index in [0.717, 1.165) is 5.92 Å². The molecule has 13 heavy (non-hydrogen) atoms. The molecule has 2 rings (SSSR count). The first-order valence-corrected chi connectivity index (χ1v) is 6.24. The molecule has 0 amide bonds. The Hall–Kier alpha value is -0.0269. The summed E-state index contributed by atoms with van der Waals surface area (Å²) in [4.78, 5) is 0. The SMILES string of the molecule is [Zr+2]=[C](c1ccccc1)C1CCCC1. The minimum atomic E-state index is 0.903. The van der Waals surface area contributed by atoms with Crippen molar-refractivity contribution in [3.05, 3.63) is 35.9 Å². The summed E-state index contributed by atoms with van der Waals surface area (Å²) in [5, 5.41) is 0. The van der Waals surface area contributed by atoms with Crippen LogP contribution in [0.1, 0.15) is 31.2 Å². The Labute approximate surface area is 94.7 Å². The topological polar surface area (TPSA) is 0 Å². The first-order chi connectivity index (χ1) is 6.38. The standard InChI is InChI=1S/C12H14.Zr/c1-2-6-11(7-3-1)10-12-8-4-5-9-12;/h1-3,6-7,12H,4-5,8-9H2;/q;+2. The van der Waals surface area contributed by atoms with Gasteiger partial charge in [-0.05, 0) is 0 Å². The van der Waals surface area contributed by atoms with Gasteiger partial charge in [-0.3, -0.25) is 0 Å². The zero-order chi connectivity index (χ0) is 9.10. The summed E-state index contributed by atoms with van der Waals surface area (Å²) < 4.78 is 1.69. The van der Waals surface area contributed by atoms with Crippen molar-refractivity contribution in [3.8, 4) is 0 Å². The van der Waals surface area contributed by atoms with Crippen LogP contribution < -0.4 is 0 Å². The van der Waals surface area contributed by atoms with Crippen molar-refractivity contribution >= 4 is 3.21 Å². The Balaban J connectivity index is 2.13. The molecule has 1 fully saturated rings. The molecule has 0 nitrogen and oxygen atoms in total. The molecule has 0 heterocycles. The second-order valence-electron chi connectivity index (χ2n) is 3.76. The summed E-state index contributed by atoms with van der Waals surface area (Å²) in [6.45, 7) is 0. The van der Waals surface area contributed by atoms with Gasteiger partial charge in [-0.1, -0.05) is 0 Å². The van der Waals surface area contributed by atoms with E-state index in [4.69, 9.17) is 0 Å². The van der Waals surface area contributed by atoms with E-state index in [1.807, 2.05) is 0 Å². The molecule has 0 N–H and O–H groups in total. The van der Waals surface area contributed by atoms with Crippen LogP contribution in [-0.4, -0.2) is 3.21 Å². The van der Waals surface area contributed by atoms with Gasteiger partial charge in [0.25, 0.3) is 0 Å². The number of hydrogen-bond acceptors (Lipinski definition) is 0. The number of rotatable bonds is 2. The molecule has 1 aliphatic rings. The first-order valence-electron chi connectivity index (χ1n) is 5.02. The molecule has 0 spiro atoms. The fourth-order valence-corrected chi connectivity index (χ4v) is 3.19. The van der Waals surface area contributed by atoms with Crippen LogP contribution in [0.2, 0.25) is 0 Å². The molecule has 0 atom stereocenters. The van der Waals surface area contributed by atoms with Crippen molar-refractivity contribution in [1.82, 2.24) is 0 Å². The van der Waals surface area contributed by atoms with Crippen molar-refractivity contribution in [2.24, 2.45) is 5.92 Å². The zero-order valence-corrected chi connectivity index (χ0v) is 10.3. The van der Waals surface area contributed by atoms with Crippen LogP contribution in [0.3, 0.4) is 0 Å². The van der Waals surface area contributed by atoms with Gasteiger partial charge in [-0.15, -0.1) is 0 Å². The van der Waals surface area contributed by atoms with Crippen LogP contribution in [0, 0.1) is 5.92 Å². The Bertz CT molecular complexity index is 283. The molecule has 64 valence electrons. The fourth-order valence-electron chi connectivity index (χ4n) is 2.07. The Morgan fingerprint density at radius 3 is 2.31 bits per heavy atom. The molecular weight excluding hydrogens is 235 g/mol. The van der Waals surface area contributed by atoms with E-state index in [1.165, 1.54) is 31.2 Å². The van der Waals surface area contributed by atoms with Crippen molar-refractivity contribution in [2.45, 2.75) is 25.7 Å². The number of benzene rings is 1. The van der Waals surface area contributed by atoms with Gasteiger partial charge in [-0.25, -0.2) is 0 Å². The molecule has 0 unspecified atom stereocenters. The van der Waals surface area contributed by atoms with Crippen molar-refractivity contribution in [3.63, 3.8) is 0 Å². The van der Waals surface area contributed by atoms with Gasteiger partial charge in [0.05, 0.1) is 0 Å². The van der Waals surface area contributed by atoms with Crippen LogP contribution in [0.5, 0.6) is 0 Å². The third-order valence-corrected chi connectivity index (χ3v) is 4.56. The molecule has 1 aromatic rings. The summed E-state index contributed by atoms with van der Waals surface area (Å²) in [6.07, 6.45) is 5.73. The van der Waals surface area contributed by atoms with Crippen molar-refractivity contribution in [1.29, 1.82) is 0 Å². The summed E-state index contributed by atoms with van der Waals surface area (Å²) in [5.41, 5.74) is 1.48. The Kier molecular flexibility index (Phi) is 3.27. The van der Waals surface area contributed by atoms with Gasteiger partial charge >= 0.3 is 94.9 Å². The van der Waals surface area contributed by atoms with Crippen LogP contribution in [0.4, 0.5) is 0 Å². The van der Waals surface area contributed by atoms with E-state index in [-0.39, 0.29) is 0 Å². The zero-order valence-electron chi connectivity index (χ0n) is 7.79. The van der Waals surface area contributed by atoms with E-state index in [0.29, 0.717) is 0 Å². The quantitative estimate of drug-likeness (QED) is 0.756. The molecular formula is C12H14Zr+2. The Morgan fingerprint density at radius 1 is 1.08 bits per heavy atom. The maximum atomic E-state index is 2.25. The van der Waals surface area contributed by atoms with Gasteiger partial charge in [-0.2, -0.15) is 0 Å². The van der Waals surface area contributed by atoms with Crippen LogP contribution >= 0.6 is 0 Å². The van der Waals surface area contributed by atoms with Gasteiger partial charge in [0.2, 0.25) is 0 Å². The van der Waals surface area contributed by atoms with Crippen molar-refractivity contribution in [2.75, 3.05) is 0 Å². The summed E-state index contributed by atoms with van der Waals surface area (Å²) >= 11 is 1.61. The molecule has 1 saturated carbocycles. The van der Waals surface area contributed by atoms with E-state index < -0.39 is 0 Å². The predicted molar refractivity (Wildman–Crippen MR) is 52.5 cm³/mol. The van der Waals surface area contributed by atoms with Crippen molar-refractivity contribution < 1.29 is 24.2 Å². The summed E-state index contributed by atoms with van der Waals surface area (Å²) in [7, 11) is 0. The fraction of sp³-hybridized carbons (Fsp3) is 0.417. The average molecular weight is 249 g/mol. The second kappa shape index (κ2) is 4.46. The van der Waals surface area contributed by atoms with Crippen LogP contribution in [0.15, 0.2) is 30.3 Å². The molecule has 1 aromatic carbocycles. The van der Waals surface area contributed by atoms with Gasteiger partial charge in [0.15, 0.2) is 0 Å². The Morgan fingerprint density at radius 2 is 1.69 bits per heavy atom. The molecule has 0 radical (unpaired) electrons. The molecule has 0 aliphatic heterocycles. The molecule has 0 saturated heterocycles. The van der Waals surface area contributed by atoms with E-state index in [2.05, 4.69) is 30.3 Å². The predicted octanol–water partition coefficient (Wildman–Crippen LogP) is 2.94.